The number of amides is 1. The molecule has 4 aromatic rings. The number of nitrogens with zero attached hydrogens (tertiary/aromatic N) is 2. The molecule has 0 fully saturated rings. The zero-order chi connectivity index (χ0) is 24.1. The number of ether oxygens (including phenoxy) is 1. The van der Waals surface area contributed by atoms with Gasteiger partial charge in [0.25, 0.3) is 0 Å². The number of para-hydroxylation sites is 3. The van der Waals surface area contributed by atoms with Crippen LogP contribution in [-0.2, 0) is 24.4 Å². The quantitative estimate of drug-likeness (QED) is 0.412. The van der Waals surface area contributed by atoms with Crippen molar-refractivity contribution in [1.29, 1.82) is 0 Å². The van der Waals surface area contributed by atoms with Gasteiger partial charge in [-0.05, 0) is 30.7 Å². The zero-order valence-corrected chi connectivity index (χ0v) is 19.3. The lowest BCUT2D eigenvalue weighted by atomic mass is 10.1. The number of aromatic nitrogens is 2. The van der Waals surface area contributed by atoms with Crippen LogP contribution in [0.3, 0.4) is 0 Å². The normalized spacial score (nSPS) is 10.9. The number of rotatable bonds is 8. The number of nitrogens with one attached hydrogen (secondary N) is 1. The zero-order valence-electron chi connectivity index (χ0n) is 19.3. The fraction of sp³-hybridized carbons (Fsp3) is 0.222. The van der Waals surface area contributed by atoms with Crippen LogP contribution in [0.15, 0.2) is 82.4 Å². The predicted molar refractivity (Wildman–Crippen MR) is 132 cm³/mol. The molecule has 1 N–H and O–H groups in total. The van der Waals surface area contributed by atoms with Crippen LogP contribution in [0.4, 0.5) is 0 Å². The molecule has 7 nitrogen and oxygen atoms in total. The van der Waals surface area contributed by atoms with Crippen molar-refractivity contribution in [3.63, 3.8) is 0 Å². The highest BCUT2D eigenvalue weighted by molar-refractivity contribution is 5.77. The number of hydrogen-bond donors (Lipinski definition) is 1. The van der Waals surface area contributed by atoms with Gasteiger partial charge in [0.1, 0.15) is 5.75 Å². The average Bonchev–Trinajstić information content (AvgIpc) is 2.86. The lowest BCUT2D eigenvalue weighted by molar-refractivity contribution is -0.121. The Balaban J connectivity index is 1.55. The van der Waals surface area contributed by atoms with Gasteiger partial charge in [0.15, 0.2) is 0 Å². The summed E-state index contributed by atoms with van der Waals surface area (Å²) in [7, 11) is 1.58. The largest absolute Gasteiger partial charge is 0.496 e. The van der Waals surface area contributed by atoms with Crippen LogP contribution in [0.5, 0.6) is 5.75 Å². The minimum atomic E-state index is -0.636. The Hall–Kier alpha value is -4.13. The van der Waals surface area contributed by atoms with E-state index in [2.05, 4.69) is 5.32 Å². The summed E-state index contributed by atoms with van der Waals surface area (Å²) in [6.07, 6.45) is 0.0699. The van der Waals surface area contributed by atoms with Gasteiger partial charge in [-0.25, -0.2) is 0 Å². The standard InChI is InChI=1S/C27H27N3O4/c1-19-11-13-20(14-12-19)18-30-23-9-5-4-8-22(23)29(26(32)27(30)33)16-15-25(31)28-17-21-7-3-6-10-24(21)34-2/h3-14H,15-18H2,1-2H3,(H,28,31). The Bertz CT molecular complexity index is 1440. The number of benzene rings is 3. The van der Waals surface area contributed by atoms with Crippen LogP contribution in [-0.4, -0.2) is 22.2 Å². The summed E-state index contributed by atoms with van der Waals surface area (Å²) < 4.78 is 8.21. The van der Waals surface area contributed by atoms with Crippen molar-refractivity contribution < 1.29 is 9.53 Å². The molecular weight excluding hydrogens is 430 g/mol. The van der Waals surface area contributed by atoms with Gasteiger partial charge in [-0.3, -0.25) is 19.0 Å². The number of carbonyl (C=O) groups excluding carboxylic acids is 1. The molecule has 7 heteroatoms. The second kappa shape index (κ2) is 10.2. The maximum absolute atomic E-state index is 13.0. The van der Waals surface area contributed by atoms with E-state index in [0.29, 0.717) is 29.9 Å². The molecule has 0 aliphatic heterocycles. The van der Waals surface area contributed by atoms with Gasteiger partial charge in [-0.15, -0.1) is 0 Å². The van der Waals surface area contributed by atoms with Gasteiger partial charge in [0, 0.05) is 25.1 Å². The summed E-state index contributed by atoms with van der Waals surface area (Å²) in [4.78, 5) is 38.5. The van der Waals surface area contributed by atoms with Crippen LogP contribution in [0.2, 0.25) is 0 Å². The molecule has 4 rings (SSSR count). The third kappa shape index (κ3) is 4.93. The number of hydrogen-bond acceptors (Lipinski definition) is 4. The predicted octanol–water partition coefficient (Wildman–Crippen LogP) is 3.24. The van der Waals surface area contributed by atoms with E-state index in [0.717, 1.165) is 16.7 Å². The molecule has 1 amide bonds. The van der Waals surface area contributed by atoms with Crippen molar-refractivity contribution in [3.05, 3.63) is 110 Å². The molecule has 0 aliphatic carbocycles. The second-order valence-corrected chi connectivity index (χ2v) is 8.16. The van der Waals surface area contributed by atoms with Crippen molar-refractivity contribution in [2.75, 3.05) is 7.11 Å². The molecular formula is C27H27N3O4. The van der Waals surface area contributed by atoms with Crippen molar-refractivity contribution in [1.82, 2.24) is 14.5 Å². The third-order valence-electron chi connectivity index (χ3n) is 5.83. The molecule has 1 aromatic heterocycles. The van der Waals surface area contributed by atoms with Gasteiger partial charge in [-0.1, -0.05) is 60.2 Å². The second-order valence-electron chi connectivity index (χ2n) is 8.16. The van der Waals surface area contributed by atoms with Crippen LogP contribution < -0.4 is 21.2 Å². The average molecular weight is 458 g/mol. The van der Waals surface area contributed by atoms with Crippen LogP contribution in [0.25, 0.3) is 11.0 Å². The first-order valence-corrected chi connectivity index (χ1v) is 11.1. The van der Waals surface area contributed by atoms with Gasteiger partial charge in [-0.2, -0.15) is 0 Å². The maximum atomic E-state index is 13.0. The van der Waals surface area contributed by atoms with Crippen LogP contribution in [0, 0.1) is 6.92 Å². The monoisotopic (exact) mass is 457 g/mol. The van der Waals surface area contributed by atoms with Crippen molar-refractivity contribution in [3.8, 4) is 5.75 Å². The topological polar surface area (TPSA) is 82.3 Å². The molecule has 0 aliphatic rings. The van der Waals surface area contributed by atoms with Crippen molar-refractivity contribution >= 4 is 16.9 Å². The molecule has 1 heterocycles. The van der Waals surface area contributed by atoms with Gasteiger partial charge in [0.2, 0.25) is 5.91 Å². The number of carbonyl (C=O) groups is 1. The fourth-order valence-electron chi connectivity index (χ4n) is 3.97. The van der Waals surface area contributed by atoms with Crippen molar-refractivity contribution in [2.45, 2.75) is 33.0 Å². The Kier molecular flexibility index (Phi) is 6.92. The number of methoxy groups -OCH3 is 1. The lowest BCUT2D eigenvalue weighted by Gasteiger charge is -2.15. The van der Waals surface area contributed by atoms with Crippen LogP contribution >= 0.6 is 0 Å². The molecule has 34 heavy (non-hydrogen) atoms. The van der Waals surface area contributed by atoms with Gasteiger partial charge < -0.3 is 14.6 Å². The SMILES string of the molecule is COc1ccccc1CNC(=O)CCn1c(=O)c(=O)n(Cc2ccc(C)cc2)c2ccccc21. The van der Waals surface area contributed by atoms with Crippen LogP contribution in [0.1, 0.15) is 23.1 Å². The van der Waals surface area contributed by atoms with Gasteiger partial charge in [0.05, 0.1) is 24.7 Å². The molecule has 0 spiro atoms. The Morgan fingerprint density at radius 2 is 1.47 bits per heavy atom. The minimum absolute atomic E-state index is 0.0699. The summed E-state index contributed by atoms with van der Waals surface area (Å²) in [5, 5.41) is 2.86. The highest BCUT2D eigenvalue weighted by atomic mass is 16.5. The summed E-state index contributed by atoms with van der Waals surface area (Å²) in [5.41, 5.74) is 2.96. The Labute approximate surface area is 197 Å². The molecule has 0 atom stereocenters. The molecule has 3 aromatic carbocycles. The smallest absolute Gasteiger partial charge is 0.317 e. The summed E-state index contributed by atoms with van der Waals surface area (Å²) in [6.45, 7) is 2.72. The maximum Gasteiger partial charge on any atom is 0.317 e. The van der Waals surface area contributed by atoms with E-state index in [9.17, 15) is 14.4 Å². The lowest BCUT2D eigenvalue weighted by Crippen LogP contribution is -2.42. The van der Waals surface area contributed by atoms with E-state index < -0.39 is 11.1 Å². The fourth-order valence-corrected chi connectivity index (χ4v) is 3.97. The summed E-state index contributed by atoms with van der Waals surface area (Å²) in [5.74, 6) is 0.480. The first-order chi connectivity index (χ1) is 16.5. The minimum Gasteiger partial charge on any atom is -0.496 e. The highest BCUT2D eigenvalue weighted by Gasteiger charge is 2.14. The molecule has 0 saturated heterocycles. The highest BCUT2D eigenvalue weighted by Crippen LogP contribution is 2.17. The summed E-state index contributed by atoms with van der Waals surface area (Å²) >= 11 is 0. The van der Waals surface area contributed by atoms with Gasteiger partial charge >= 0.3 is 11.1 Å². The first kappa shape index (κ1) is 23.0. The van der Waals surface area contributed by atoms with E-state index in [1.54, 1.807) is 13.2 Å². The van der Waals surface area contributed by atoms with Crippen molar-refractivity contribution in [2.24, 2.45) is 0 Å². The molecule has 0 unspecified atom stereocenters. The molecule has 0 bridgehead atoms. The molecule has 174 valence electrons. The molecule has 0 radical (unpaired) electrons. The first-order valence-electron chi connectivity index (χ1n) is 11.1. The van der Waals surface area contributed by atoms with E-state index >= 15 is 0 Å². The Morgan fingerprint density at radius 1 is 0.853 bits per heavy atom. The van der Waals surface area contributed by atoms with E-state index in [1.165, 1.54) is 9.13 Å². The third-order valence-corrected chi connectivity index (χ3v) is 5.83. The number of aryl methyl sites for hydroxylation is 2. The molecule has 0 saturated carbocycles. The van der Waals surface area contributed by atoms with E-state index in [4.69, 9.17) is 4.74 Å². The van der Waals surface area contributed by atoms with E-state index in [1.807, 2.05) is 73.7 Å². The summed E-state index contributed by atoms with van der Waals surface area (Å²) in [6, 6.07) is 22.6. The number of fused-ring (bicyclic) bond motifs is 1. The Morgan fingerprint density at radius 3 is 2.18 bits per heavy atom. The van der Waals surface area contributed by atoms with E-state index in [-0.39, 0.29) is 18.9 Å².